The predicted molar refractivity (Wildman–Crippen MR) is 75.8 cm³/mol. The number of pyridine rings is 1. The number of carbonyl (C=O) groups excluding carboxylic acids is 1. The van der Waals surface area contributed by atoms with Gasteiger partial charge in [0.05, 0.1) is 23.7 Å². The van der Waals surface area contributed by atoms with Crippen molar-refractivity contribution in [2.24, 2.45) is 5.84 Å². The summed E-state index contributed by atoms with van der Waals surface area (Å²) in [4.78, 5) is 16.0. The number of aromatic nitrogens is 1. The maximum Gasteiger partial charge on any atom is 0.259 e. The Morgan fingerprint density at radius 1 is 1.30 bits per heavy atom. The monoisotopic (exact) mass is 267 g/mol. The average Bonchev–Trinajstić information content (AvgIpc) is 2.49. The van der Waals surface area contributed by atoms with Gasteiger partial charge in [-0.15, -0.1) is 0 Å². The third-order valence-corrected chi connectivity index (χ3v) is 2.72. The molecule has 0 spiro atoms. The third kappa shape index (κ3) is 3.10. The fourth-order valence-electron chi connectivity index (χ4n) is 1.70. The van der Waals surface area contributed by atoms with Crippen LogP contribution in [0.25, 0.3) is 0 Å². The number of nitriles is 1. The lowest BCUT2D eigenvalue weighted by atomic mass is 10.1. The molecule has 1 aromatic heterocycles. The second kappa shape index (κ2) is 6.31. The standard InChI is InChI=1S/C14H13N5O/c15-7-5-10-1-3-11(4-2-10)18-14(20)12-9-17-8-6-13(12)19-16/h1-4,6,8-9H,5,16H2,(H,17,19)(H,18,20). The van der Waals surface area contributed by atoms with Crippen molar-refractivity contribution in [1.82, 2.24) is 4.98 Å². The Kier molecular flexibility index (Phi) is 4.27. The van der Waals surface area contributed by atoms with Gasteiger partial charge in [-0.1, -0.05) is 12.1 Å². The van der Waals surface area contributed by atoms with Crippen LogP contribution < -0.4 is 16.6 Å². The Labute approximate surface area is 116 Å². The van der Waals surface area contributed by atoms with Crippen LogP contribution in [0.5, 0.6) is 0 Å². The quantitative estimate of drug-likeness (QED) is 0.577. The Hall–Kier alpha value is -2.91. The first-order valence-corrected chi connectivity index (χ1v) is 5.92. The smallest absolute Gasteiger partial charge is 0.259 e. The summed E-state index contributed by atoms with van der Waals surface area (Å²) in [6, 6.07) is 10.8. The van der Waals surface area contributed by atoms with E-state index in [1.54, 1.807) is 36.5 Å². The maximum absolute atomic E-state index is 12.1. The lowest BCUT2D eigenvalue weighted by Crippen LogP contribution is -2.17. The predicted octanol–water partition coefficient (Wildman–Crippen LogP) is 1.69. The van der Waals surface area contributed by atoms with E-state index in [1.807, 2.05) is 0 Å². The van der Waals surface area contributed by atoms with Crippen LogP contribution in [0.2, 0.25) is 0 Å². The van der Waals surface area contributed by atoms with E-state index in [1.165, 1.54) is 6.20 Å². The van der Waals surface area contributed by atoms with E-state index in [2.05, 4.69) is 21.8 Å². The summed E-state index contributed by atoms with van der Waals surface area (Å²) >= 11 is 0. The molecule has 20 heavy (non-hydrogen) atoms. The van der Waals surface area contributed by atoms with Crippen LogP contribution in [0.3, 0.4) is 0 Å². The van der Waals surface area contributed by atoms with Gasteiger partial charge in [-0.3, -0.25) is 15.6 Å². The number of hydrogen-bond donors (Lipinski definition) is 3. The third-order valence-electron chi connectivity index (χ3n) is 2.72. The topological polar surface area (TPSA) is 104 Å². The van der Waals surface area contributed by atoms with E-state index >= 15 is 0 Å². The number of hydrazine groups is 1. The molecule has 2 aromatic rings. The minimum atomic E-state index is -0.306. The van der Waals surface area contributed by atoms with E-state index in [-0.39, 0.29) is 5.91 Å². The molecule has 6 nitrogen and oxygen atoms in total. The molecule has 6 heteroatoms. The first-order chi connectivity index (χ1) is 9.74. The van der Waals surface area contributed by atoms with Crippen LogP contribution in [-0.4, -0.2) is 10.9 Å². The number of hydrogen-bond acceptors (Lipinski definition) is 5. The molecule has 100 valence electrons. The molecular weight excluding hydrogens is 254 g/mol. The summed E-state index contributed by atoms with van der Waals surface area (Å²) < 4.78 is 0. The van der Waals surface area contributed by atoms with Gasteiger partial charge in [0.2, 0.25) is 0 Å². The van der Waals surface area contributed by atoms with Gasteiger partial charge in [-0.25, -0.2) is 0 Å². The van der Waals surface area contributed by atoms with Gasteiger partial charge in [0, 0.05) is 18.1 Å². The molecule has 0 radical (unpaired) electrons. The zero-order valence-electron chi connectivity index (χ0n) is 10.6. The molecule has 0 saturated carbocycles. The number of nitrogen functional groups attached to an aromatic ring is 1. The molecular formula is C14H13N5O. The molecule has 1 heterocycles. The van der Waals surface area contributed by atoms with Gasteiger partial charge in [0.15, 0.2) is 0 Å². The molecule has 0 aliphatic heterocycles. The van der Waals surface area contributed by atoms with E-state index in [4.69, 9.17) is 11.1 Å². The van der Waals surface area contributed by atoms with E-state index in [0.29, 0.717) is 23.4 Å². The van der Waals surface area contributed by atoms with Crippen molar-refractivity contribution in [1.29, 1.82) is 5.26 Å². The number of rotatable bonds is 4. The van der Waals surface area contributed by atoms with Crippen LogP contribution >= 0.6 is 0 Å². The van der Waals surface area contributed by atoms with Gasteiger partial charge in [-0.2, -0.15) is 5.26 Å². The van der Waals surface area contributed by atoms with Crippen LogP contribution in [0.1, 0.15) is 15.9 Å². The van der Waals surface area contributed by atoms with Gasteiger partial charge >= 0.3 is 0 Å². The Morgan fingerprint density at radius 3 is 2.70 bits per heavy atom. The van der Waals surface area contributed by atoms with Crippen molar-refractivity contribution in [3.8, 4) is 6.07 Å². The SMILES string of the molecule is N#CCc1ccc(NC(=O)c2cnccc2NN)cc1. The first kappa shape index (κ1) is 13.5. The summed E-state index contributed by atoms with van der Waals surface area (Å²) in [5, 5.41) is 11.3. The molecule has 1 aromatic carbocycles. The highest BCUT2D eigenvalue weighted by Gasteiger charge is 2.11. The number of amides is 1. The summed E-state index contributed by atoms with van der Waals surface area (Å²) in [7, 11) is 0. The van der Waals surface area contributed by atoms with Crippen LogP contribution in [0, 0.1) is 11.3 Å². The molecule has 0 atom stereocenters. The van der Waals surface area contributed by atoms with E-state index in [0.717, 1.165) is 5.56 Å². The normalized spacial score (nSPS) is 9.60. The first-order valence-electron chi connectivity index (χ1n) is 5.92. The number of benzene rings is 1. The summed E-state index contributed by atoms with van der Waals surface area (Å²) in [5.74, 6) is 5.04. The fraction of sp³-hybridized carbons (Fsp3) is 0.0714. The minimum Gasteiger partial charge on any atom is -0.323 e. The number of nitrogens with one attached hydrogen (secondary N) is 2. The second-order valence-corrected chi connectivity index (χ2v) is 4.05. The lowest BCUT2D eigenvalue weighted by molar-refractivity contribution is 0.102. The highest BCUT2D eigenvalue weighted by atomic mass is 16.1. The zero-order valence-corrected chi connectivity index (χ0v) is 10.6. The van der Waals surface area contributed by atoms with Gasteiger partial charge in [-0.05, 0) is 23.8 Å². The van der Waals surface area contributed by atoms with Crippen molar-refractivity contribution in [3.63, 3.8) is 0 Å². The van der Waals surface area contributed by atoms with Crippen LogP contribution in [0.4, 0.5) is 11.4 Å². The zero-order chi connectivity index (χ0) is 14.4. The van der Waals surface area contributed by atoms with E-state index in [9.17, 15) is 4.79 Å². The van der Waals surface area contributed by atoms with Crippen LogP contribution in [0.15, 0.2) is 42.7 Å². The molecule has 0 aliphatic rings. The largest absolute Gasteiger partial charge is 0.323 e. The summed E-state index contributed by atoms with van der Waals surface area (Å²) in [6.45, 7) is 0. The minimum absolute atomic E-state index is 0.306. The van der Waals surface area contributed by atoms with E-state index < -0.39 is 0 Å². The van der Waals surface area contributed by atoms with Gasteiger partial charge in [0.25, 0.3) is 5.91 Å². The van der Waals surface area contributed by atoms with Crippen molar-refractivity contribution < 1.29 is 4.79 Å². The summed E-state index contributed by atoms with van der Waals surface area (Å²) in [5.41, 5.74) is 4.85. The highest BCUT2D eigenvalue weighted by Crippen LogP contribution is 2.15. The molecule has 4 N–H and O–H groups in total. The second-order valence-electron chi connectivity index (χ2n) is 4.05. The number of nitrogens with two attached hydrogens (primary N) is 1. The molecule has 0 aliphatic carbocycles. The maximum atomic E-state index is 12.1. The van der Waals surface area contributed by atoms with Gasteiger partial charge < -0.3 is 10.7 Å². The Morgan fingerprint density at radius 2 is 2.05 bits per heavy atom. The number of anilines is 2. The highest BCUT2D eigenvalue weighted by molar-refractivity contribution is 6.07. The van der Waals surface area contributed by atoms with Crippen molar-refractivity contribution >= 4 is 17.3 Å². The molecule has 0 saturated heterocycles. The Bertz CT molecular complexity index is 645. The van der Waals surface area contributed by atoms with Crippen molar-refractivity contribution in [2.45, 2.75) is 6.42 Å². The molecule has 0 fully saturated rings. The molecule has 0 bridgehead atoms. The fourth-order valence-corrected chi connectivity index (χ4v) is 1.70. The van der Waals surface area contributed by atoms with Crippen LogP contribution in [-0.2, 0) is 6.42 Å². The summed E-state index contributed by atoms with van der Waals surface area (Å²) in [6.07, 6.45) is 3.33. The number of carbonyl (C=O) groups is 1. The van der Waals surface area contributed by atoms with Crippen molar-refractivity contribution in [2.75, 3.05) is 10.7 Å². The molecule has 0 unspecified atom stereocenters. The lowest BCUT2D eigenvalue weighted by Gasteiger charge is -2.09. The molecule has 1 amide bonds. The molecule has 2 rings (SSSR count). The number of nitrogens with zero attached hydrogens (tertiary/aromatic N) is 2. The average molecular weight is 267 g/mol. The van der Waals surface area contributed by atoms with Gasteiger partial charge in [0.1, 0.15) is 0 Å². The Balaban J connectivity index is 2.13. The van der Waals surface area contributed by atoms with Crippen molar-refractivity contribution in [3.05, 3.63) is 53.9 Å².